The second kappa shape index (κ2) is 6.74. The molecule has 1 amide bonds. The fourth-order valence-electron chi connectivity index (χ4n) is 1.88. The molecular weight excluding hydrogens is 266 g/mol. The van der Waals surface area contributed by atoms with Crippen LogP contribution in [0.15, 0.2) is 42.6 Å². The van der Waals surface area contributed by atoms with E-state index >= 15 is 0 Å². The Hall–Kier alpha value is -2.56. The second-order valence-electron chi connectivity index (χ2n) is 4.83. The van der Waals surface area contributed by atoms with Crippen LogP contribution in [0, 0.1) is 0 Å². The normalized spacial score (nSPS) is 10.0. The zero-order valence-electron chi connectivity index (χ0n) is 12.5. The van der Waals surface area contributed by atoms with Gasteiger partial charge in [0.25, 0.3) is 5.91 Å². The highest BCUT2D eigenvalue weighted by Gasteiger charge is 2.07. The summed E-state index contributed by atoms with van der Waals surface area (Å²) in [5, 5.41) is 2.89. The summed E-state index contributed by atoms with van der Waals surface area (Å²) in [7, 11) is 5.46. The summed E-state index contributed by atoms with van der Waals surface area (Å²) in [6.45, 7) is 0.434. The molecule has 0 unspecified atom stereocenters. The molecule has 1 aromatic heterocycles. The maximum Gasteiger partial charge on any atom is 0.251 e. The van der Waals surface area contributed by atoms with Crippen LogP contribution in [0.25, 0.3) is 0 Å². The van der Waals surface area contributed by atoms with E-state index in [2.05, 4.69) is 10.3 Å². The van der Waals surface area contributed by atoms with Crippen molar-refractivity contribution in [1.82, 2.24) is 10.3 Å². The smallest absolute Gasteiger partial charge is 0.251 e. The molecular formula is C16H19N3O2. The molecule has 0 aliphatic rings. The Bertz CT molecular complexity index is 626. The predicted molar refractivity (Wildman–Crippen MR) is 82.7 cm³/mol. The van der Waals surface area contributed by atoms with Gasteiger partial charge in [-0.1, -0.05) is 6.07 Å². The van der Waals surface area contributed by atoms with E-state index < -0.39 is 0 Å². The lowest BCUT2D eigenvalue weighted by Gasteiger charge is -2.13. The van der Waals surface area contributed by atoms with E-state index in [1.54, 1.807) is 25.4 Å². The van der Waals surface area contributed by atoms with Crippen molar-refractivity contribution in [2.24, 2.45) is 0 Å². The van der Waals surface area contributed by atoms with Crippen LogP contribution in [-0.4, -0.2) is 32.1 Å². The first-order chi connectivity index (χ1) is 10.1. The number of rotatable bonds is 5. The van der Waals surface area contributed by atoms with Gasteiger partial charge in [-0.15, -0.1) is 0 Å². The maximum absolute atomic E-state index is 12.2. The number of carbonyl (C=O) groups is 1. The molecule has 0 aliphatic carbocycles. The van der Waals surface area contributed by atoms with Gasteiger partial charge in [0.15, 0.2) is 0 Å². The van der Waals surface area contributed by atoms with Gasteiger partial charge in [-0.3, -0.25) is 4.79 Å². The molecule has 110 valence electrons. The Morgan fingerprint density at radius 3 is 2.81 bits per heavy atom. The van der Waals surface area contributed by atoms with Crippen molar-refractivity contribution in [3.8, 4) is 5.88 Å². The van der Waals surface area contributed by atoms with Crippen molar-refractivity contribution in [3.63, 3.8) is 0 Å². The first-order valence-corrected chi connectivity index (χ1v) is 6.64. The SMILES string of the molecule is COc1cc(CNC(=O)c2cccc(N(C)C)c2)ccn1. The molecule has 1 heterocycles. The molecule has 0 atom stereocenters. The molecule has 0 fully saturated rings. The summed E-state index contributed by atoms with van der Waals surface area (Å²) >= 11 is 0. The van der Waals surface area contributed by atoms with Gasteiger partial charge in [0.1, 0.15) is 0 Å². The van der Waals surface area contributed by atoms with Gasteiger partial charge in [-0.25, -0.2) is 4.98 Å². The summed E-state index contributed by atoms with van der Waals surface area (Å²) in [4.78, 5) is 18.2. The molecule has 0 spiro atoms. The largest absolute Gasteiger partial charge is 0.481 e. The van der Waals surface area contributed by atoms with E-state index in [1.165, 1.54) is 0 Å². The predicted octanol–water partition coefficient (Wildman–Crippen LogP) is 2.09. The van der Waals surface area contributed by atoms with Gasteiger partial charge in [-0.2, -0.15) is 0 Å². The summed E-state index contributed by atoms with van der Waals surface area (Å²) in [6, 6.07) is 11.2. The molecule has 0 saturated heterocycles. The van der Waals surface area contributed by atoms with Crippen LogP contribution in [0.4, 0.5) is 5.69 Å². The summed E-state index contributed by atoms with van der Waals surface area (Å²) in [5.74, 6) is 0.436. The lowest BCUT2D eigenvalue weighted by atomic mass is 10.1. The van der Waals surface area contributed by atoms with Crippen LogP contribution in [0.5, 0.6) is 5.88 Å². The van der Waals surface area contributed by atoms with Gasteiger partial charge < -0.3 is 15.0 Å². The zero-order valence-corrected chi connectivity index (χ0v) is 12.5. The lowest BCUT2D eigenvalue weighted by Crippen LogP contribution is -2.23. The number of nitrogens with zero attached hydrogens (tertiary/aromatic N) is 2. The van der Waals surface area contributed by atoms with Gasteiger partial charge >= 0.3 is 0 Å². The minimum absolute atomic E-state index is 0.102. The number of ether oxygens (including phenoxy) is 1. The molecule has 2 aromatic rings. The molecule has 1 aromatic carbocycles. The number of nitrogens with one attached hydrogen (secondary N) is 1. The van der Waals surface area contributed by atoms with Crippen molar-refractivity contribution in [1.29, 1.82) is 0 Å². The highest BCUT2D eigenvalue weighted by atomic mass is 16.5. The minimum atomic E-state index is -0.102. The number of hydrogen-bond donors (Lipinski definition) is 1. The van der Waals surface area contributed by atoms with Crippen molar-refractivity contribution >= 4 is 11.6 Å². The quantitative estimate of drug-likeness (QED) is 0.914. The Balaban J connectivity index is 2.02. The Labute approximate surface area is 124 Å². The van der Waals surface area contributed by atoms with E-state index in [9.17, 15) is 4.79 Å². The topological polar surface area (TPSA) is 54.5 Å². The maximum atomic E-state index is 12.2. The monoisotopic (exact) mass is 285 g/mol. The Morgan fingerprint density at radius 2 is 2.10 bits per heavy atom. The van der Waals surface area contributed by atoms with E-state index in [0.717, 1.165) is 11.3 Å². The van der Waals surface area contributed by atoms with E-state index in [4.69, 9.17) is 4.74 Å². The van der Waals surface area contributed by atoms with E-state index in [0.29, 0.717) is 18.0 Å². The van der Waals surface area contributed by atoms with Crippen LogP contribution in [0.1, 0.15) is 15.9 Å². The number of anilines is 1. The standard InChI is InChI=1S/C16H19N3O2/c1-19(2)14-6-4-5-13(10-14)16(20)18-11-12-7-8-17-15(9-12)21-3/h4-10H,11H2,1-3H3,(H,18,20). The molecule has 5 heteroatoms. The van der Waals surface area contributed by atoms with Crippen LogP contribution in [0.2, 0.25) is 0 Å². The third-order valence-electron chi connectivity index (χ3n) is 3.09. The van der Waals surface area contributed by atoms with Crippen LogP contribution < -0.4 is 15.0 Å². The fraction of sp³-hybridized carbons (Fsp3) is 0.250. The van der Waals surface area contributed by atoms with Crippen LogP contribution in [-0.2, 0) is 6.54 Å². The van der Waals surface area contributed by atoms with Gasteiger partial charge in [-0.05, 0) is 29.8 Å². The van der Waals surface area contributed by atoms with Gasteiger partial charge in [0.05, 0.1) is 7.11 Å². The first-order valence-electron chi connectivity index (χ1n) is 6.64. The summed E-state index contributed by atoms with van der Waals surface area (Å²) in [5.41, 5.74) is 2.58. The molecule has 0 aliphatic heterocycles. The Kier molecular flexibility index (Phi) is 4.77. The number of hydrogen-bond acceptors (Lipinski definition) is 4. The zero-order chi connectivity index (χ0) is 15.2. The number of aromatic nitrogens is 1. The fourth-order valence-corrected chi connectivity index (χ4v) is 1.88. The molecule has 1 N–H and O–H groups in total. The van der Waals surface area contributed by atoms with Crippen LogP contribution >= 0.6 is 0 Å². The van der Waals surface area contributed by atoms with E-state index in [-0.39, 0.29) is 5.91 Å². The molecule has 21 heavy (non-hydrogen) atoms. The van der Waals surface area contributed by atoms with Crippen molar-refractivity contribution < 1.29 is 9.53 Å². The van der Waals surface area contributed by atoms with Gasteiger partial charge in [0, 0.05) is 44.2 Å². The number of pyridine rings is 1. The molecule has 5 nitrogen and oxygen atoms in total. The minimum Gasteiger partial charge on any atom is -0.481 e. The molecule has 0 radical (unpaired) electrons. The number of carbonyl (C=O) groups excluding carboxylic acids is 1. The average Bonchev–Trinajstić information content (AvgIpc) is 2.53. The number of benzene rings is 1. The van der Waals surface area contributed by atoms with Crippen molar-refractivity contribution in [2.45, 2.75) is 6.54 Å². The third-order valence-corrected chi connectivity index (χ3v) is 3.09. The Morgan fingerprint density at radius 1 is 1.29 bits per heavy atom. The molecule has 2 rings (SSSR count). The number of amides is 1. The number of methoxy groups -OCH3 is 1. The average molecular weight is 285 g/mol. The highest BCUT2D eigenvalue weighted by Crippen LogP contribution is 2.14. The van der Waals surface area contributed by atoms with Crippen molar-refractivity contribution in [2.75, 3.05) is 26.1 Å². The third kappa shape index (κ3) is 3.95. The van der Waals surface area contributed by atoms with Crippen LogP contribution in [0.3, 0.4) is 0 Å². The molecule has 0 bridgehead atoms. The molecule has 0 saturated carbocycles. The lowest BCUT2D eigenvalue weighted by molar-refractivity contribution is 0.0951. The summed E-state index contributed by atoms with van der Waals surface area (Å²) in [6.07, 6.45) is 1.66. The van der Waals surface area contributed by atoms with Gasteiger partial charge in [0.2, 0.25) is 5.88 Å². The van der Waals surface area contributed by atoms with Crippen molar-refractivity contribution in [3.05, 3.63) is 53.7 Å². The highest BCUT2D eigenvalue weighted by molar-refractivity contribution is 5.95. The van der Waals surface area contributed by atoms with E-state index in [1.807, 2.05) is 43.3 Å². The second-order valence-corrected chi connectivity index (χ2v) is 4.83. The summed E-state index contributed by atoms with van der Waals surface area (Å²) < 4.78 is 5.06. The first kappa shape index (κ1) is 14.8.